The summed E-state index contributed by atoms with van der Waals surface area (Å²) in [5.74, 6) is 1.27. The van der Waals surface area contributed by atoms with Crippen LogP contribution in [0.2, 0.25) is 0 Å². The van der Waals surface area contributed by atoms with Gasteiger partial charge in [-0.1, -0.05) is 13.8 Å². The average molecular weight is 312 g/mol. The Hall–Kier alpha value is -0.940. The minimum atomic E-state index is 0.454. The van der Waals surface area contributed by atoms with E-state index in [9.17, 15) is 0 Å². The summed E-state index contributed by atoms with van der Waals surface area (Å²) in [7, 11) is 0. The van der Waals surface area contributed by atoms with Gasteiger partial charge in [0.2, 0.25) is 0 Å². The number of rotatable bonds is 3. The number of hydrogen-bond acceptors (Lipinski definition) is 4. The molecule has 3 nitrogen and oxygen atoms in total. The van der Waals surface area contributed by atoms with Crippen molar-refractivity contribution in [2.45, 2.75) is 26.7 Å². The third-order valence-electron chi connectivity index (χ3n) is 2.42. The lowest BCUT2D eigenvalue weighted by Crippen LogP contribution is -1.96. The van der Waals surface area contributed by atoms with Crippen molar-refractivity contribution >= 4 is 38.2 Å². The third-order valence-corrected chi connectivity index (χ3v) is 4.20. The molecule has 0 amide bonds. The molecule has 17 heavy (non-hydrogen) atoms. The Labute approximate surface area is 113 Å². The summed E-state index contributed by atoms with van der Waals surface area (Å²) < 4.78 is 0.987. The summed E-state index contributed by atoms with van der Waals surface area (Å²) in [5, 5.41) is 6.20. The van der Waals surface area contributed by atoms with Crippen LogP contribution in [0.3, 0.4) is 0 Å². The maximum absolute atomic E-state index is 4.52. The van der Waals surface area contributed by atoms with E-state index in [0.717, 1.165) is 26.7 Å². The smallest absolute Gasteiger partial charge is 0.188 e. The summed E-state index contributed by atoms with van der Waals surface area (Å²) in [6, 6.07) is 1.97. The van der Waals surface area contributed by atoms with E-state index in [1.54, 1.807) is 17.5 Å². The van der Waals surface area contributed by atoms with Crippen LogP contribution in [0.25, 0.3) is 0 Å². The SMILES string of the molecule is Cc1ccnc(Nc2nc(C(C)C)cs2)c1Br. The normalized spacial score (nSPS) is 10.9. The average Bonchev–Trinajstić information content (AvgIpc) is 2.73. The summed E-state index contributed by atoms with van der Waals surface area (Å²) in [6.07, 6.45) is 1.79. The molecule has 2 rings (SSSR count). The van der Waals surface area contributed by atoms with Crippen molar-refractivity contribution in [3.63, 3.8) is 0 Å². The second kappa shape index (κ2) is 5.14. The van der Waals surface area contributed by atoms with E-state index in [0.29, 0.717) is 5.92 Å². The Morgan fingerprint density at radius 1 is 1.41 bits per heavy atom. The maximum Gasteiger partial charge on any atom is 0.188 e. The van der Waals surface area contributed by atoms with E-state index < -0.39 is 0 Å². The lowest BCUT2D eigenvalue weighted by Gasteiger charge is -2.06. The molecule has 0 aromatic carbocycles. The minimum Gasteiger partial charge on any atom is -0.315 e. The van der Waals surface area contributed by atoms with Gasteiger partial charge in [-0.15, -0.1) is 11.3 Å². The van der Waals surface area contributed by atoms with Crippen LogP contribution in [0, 0.1) is 6.92 Å². The first-order chi connectivity index (χ1) is 8.08. The van der Waals surface area contributed by atoms with Crippen molar-refractivity contribution in [1.29, 1.82) is 0 Å². The lowest BCUT2D eigenvalue weighted by atomic mass is 10.2. The summed E-state index contributed by atoms with van der Waals surface area (Å²) in [5.41, 5.74) is 2.27. The molecule has 0 saturated heterocycles. The topological polar surface area (TPSA) is 37.8 Å². The molecular weight excluding hydrogens is 298 g/mol. The first kappa shape index (κ1) is 12.5. The zero-order valence-electron chi connectivity index (χ0n) is 9.99. The summed E-state index contributed by atoms with van der Waals surface area (Å²) in [6.45, 7) is 6.32. The highest BCUT2D eigenvalue weighted by Crippen LogP contribution is 2.29. The van der Waals surface area contributed by atoms with Crippen LogP contribution in [0.5, 0.6) is 0 Å². The molecule has 0 radical (unpaired) electrons. The number of nitrogens with zero attached hydrogens (tertiary/aromatic N) is 2. The van der Waals surface area contributed by atoms with Crippen molar-refractivity contribution in [3.8, 4) is 0 Å². The molecule has 0 aliphatic rings. The fraction of sp³-hybridized carbons (Fsp3) is 0.333. The van der Waals surface area contributed by atoms with Gasteiger partial charge in [0.15, 0.2) is 5.13 Å². The Morgan fingerprint density at radius 3 is 2.82 bits per heavy atom. The predicted molar refractivity (Wildman–Crippen MR) is 76.2 cm³/mol. The molecule has 0 spiro atoms. The van der Waals surface area contributed by atoms with Gasteiger partial charge in [0, 0.05) is 11.6 Å². The monoisotopic (exact) mass is 311 g/mol. The van der Waals surface area contributed by atoms with E-state index in [1.807, 2.05) is 13.0 Å². The Balaban J connectivity index is 2.22. The molecule has 2 aromatic rings. The molecule has 90 valence electrons. The molecule has 0 saturated carbocycles. The highest BCUT2D eigenvalue weighted by atomic mass is 79.9. The minimum absolute atomic E-state index is 0.454. The number of aryl methyl sites for hydroxylation is 1. The second-order valence-electron chi connectivity index (χ2n) is 4.15. The van der Waals surface area contributed by atoms with E-state index in [-0.39, 0.29) is 0 Å². The summed E-state index contributed by atoms with van der Waals surface area (Å²) in [4.78, 5) is 8.82. The fourth-order valence-electron chi connectivity index (χ4n) is 1.34. The molecule has 0 aliphatic heterocycles. The standard InChI is InChI=1S/C12H14BrN3S/c1-7(2)9-6-17-12(15-9)16-11-10(13)8(3)4-5-14-11/h4-7H,1-3H3,(H,14,15,16). The number of nitrogens with one attached hydrogen (secondary N) is 1. The van der Waals surface area contributed by atoms with Crippen LogP contribution < -0.4 is 5.32 Å². The van der Waals surface area contributed by atoms with Crippen LogP contribution in [-0.4, -0.2) is 9.97 Å². The third kappa shape index (κ3) is 2.84. The van der Waals surface area contributed by atoms with Crippen LogP contribution in [0.15, 0.2) is 22.1 Å². The van der Waals surface area contributed by atoms with Gasteiger partial charge in [0.1, 0.15) is 5.82 Å². The molecule has 5 heteroatoms. The first-order valence-corrected chi connectivity index (χ1v) is 7.08. The van der Waals surface area contributed by atoms with Crippen molar-refractivity contribution in [2.24, 2.45) is 0 Å². The zero-order valence-corrected chi connectivity index (χ0v) is 12.4. The Bertz CT molecular complexity index is 522. The van der Waals surface area contributed by atoms with Crippen molar-refractivity contribution < 1.29 is 0 Å². The van der Waals surface area contributed by atoms with E-state index in [4.69, 9.17) is 0 Å². The second-order valence-corrected chi connectivity index (χ2v) is 5.80. The number of halogens is 1. The van der Waals surface area contributed by atoms with Gasteiger partial charge in [-0.2, -0.15) is 0 Å². The predicted octanol–water partition coefficient (Wildman–Crippen LogP) is 4.48. The number of hydrogen-bond donors (Lipinski definition) is 1. The lowest BCUT2D eigenvalue weighted by molar-refractivity contribution is 0.834. The fourth-order valence-corrected chi connectivity index (χ4v) is 2.54. The van der Waals surface area contributed by atoms with Crippen LogP contribution >= 0.6 is 27.3 Å². The van der Waals surface area contributed by atoms with Gasteiger partial charge < -0.3 is 5.32 Å². The van der Waals surface area contributed by atoms with E-state index >= 15 is 0 Å². The molecule has 0 aliphatic carbocycles. The quantitative estimate of drug-likeness (QED) is 0.908. The summed E-state index contributed by atoms with van der Waals surface area (Å²) >= 11 is 5.13. The molecule has 2 aromatic heterocycles. The van der Waals surface area contributed by atoms with Crippen LogP contribution in [0.1, 0.15) is 31.0 Å². The van der Waals surface area contributed by atoms with E-state index in [1.165, 1.54) is 0 Å². The zero-order chi connectivity index (χ0) is 12.4. The molecule has 0 fully saturated rings. The first-order valence-electron chi connectivity index (χ1n) is 5.41. The maximum atomic E-state index is 4.52. The molecule has 0 unspecified atom stereocenters. The largest absolute Gasteiger partial charge is 0.315 e. The highest BCUT2D eigenvalue weighted by molar-refractivity contribution is 9.10. The van der Waals surface area contributed by atoms with Gasteiger partial charge in [0.25, 0.3) is 0 Å². The van der Waals surface area contributed by atoms with Crippen molar-refractivity contribution in [3.05, 3.63) is 33.4 Å². The Kier molecular flexibility index (Phi) is 3.79. The van der Waals surface area contributed by atoms with Crippen molar-refractivity contribution in [1.82, 2.24) is 9.97 Å². The number of aromatic nitrogens is 2. The number of thiazole rings is 1. The van der Waals surface area contributed by atoms with Gasteiger partial charge in [-0.25, -0.2) is 9.97 Å². The van der Waals surface area contributed by atoms with Crippen LogP contribution in [-0.2, 0) is 0 Å². The van der Waals surface area contributed by atoms with Gasteiger partial charge in [0.05, 0.1) is 10.2 Å². The molecule has 0 atom stereocenters. The number of anilines is 2. The van der Waals surface area contributed by atoms with E-state index in [2.05, 4.69) is 50.4 Å². The highest BCUT2D eigenvalue weighted by Gasteiger charge is 2.08. The Morgan fingerprint density at radius 2 is 2.18 bits per heavy atom. The molecule has 0 bridgehead atoms. The molecule has 1 N–H and O–H groups in total. The van der Waals surface area contributed by atoms with Crippen LogP contribution in [0.4, 0.5) is 10.9 Å². The van der Waals surface area contributed by atoms with Gasteiger partial charge in [-0.3, -0.25) is 0 Å². The van der Waals surface area contributed by atoms with Crippen molar-refractivity contribution in [2.75, 3.05) is 5.32 Å². The number of pyridine rings is 1. The molecular formula is C12H14BrN3S. The molecule has 2 heterocycles. The van der Waals surface area contributed by atoms with Gasteiger partial charge in [-0.05, 0) is 40.4 Å². The van der Waals surface area contributed by atoms with Gasteiger partial charge >= 0.3 is 0 Å².